The molecule has 21 heavy (non-hydrogen) atoms. The number of rotatable bonds is 7. The maximum absolute atomic E-state index is 12.1. The van der Waals surface area contributed by atoms with Crippen LogP contribution >= 0.6 is 11.8 Å². The number of carbonyl (C=O) groups excluding carboxylic acids is 1. The smallest absolute Gasteiger partial charge is 0.230 e. The largest absolute Gasteiger partial charge is 0.349 e. The molecule has 1 amide bonds. The van der Waals surface area contributed by atoms with Crippen LogP contribution in [0.25, 0.3) is 0 Å². The highest BCUT2D eigenvalue weighted by molar-refractivity contribution is 7.99. The third-order valence-electron chi connectivity index (χ3n) is 2.98. The summed E-state index contributed by atoms with van der Waals surface area (Å²) in [5, 5.41) is 10.3. The van der Waals surface area contributed by atoms with Gasteiger partial charge in [0.25, 0.3) is 0 Å². The monoisotopic (exact) mass is 304 g/mol. The Kier molecular flexibility index (Phi) is 5.80. The predicted molar refractivity (Wildman–Crippen MR) is 83.9 cm³/mol. The van der Waals surface area contributed by atoms with E-state index in [-0.39, 0.29) is 11.9 Å². The number of hydrogen-bond donors (Lipinski definition) is 2. The molecule has 0 aliphatic heterocycles. The van der Waals surface area contributed by atoms with Gasteiger partial charge in [0, 0.05) is 0 Å². The SMILES string of the molecule is CC(C)C[C@@H](NC(=O)CSc1ncn[nH]1)c1ccccc1. The summed E-state index contributed by atoms with van der Waals surface area (Å²) in [5.41, 5.74) is 1.14. The van der Waals surface area contributed by atoms with Crippen molar-refractivity contribution in [1.82, 2.24) is 20.5 Å². The molecule has 0 radical (unpaired) electrons. The molecule has 1 atom stereocenters. The van der Waals surface area contributed by atoms with Crippen LogP contribution in [0.1, 0.15) is 31.9 Å². The third-order valence-corrected chi connectivity index (χ3v) is 3.85. The summed E-state index contributed by atoms with van der Waals surface area (Å²) in [7, 11) is 0. The number of amides is 1. The van der Waals surface area contributed by atoms with Crippen molar-refractivity contribution in [3.05, 3.63) is 42.2 Å². The van der Waals surface area contributed by atoms with Gasteiger partial charge in [-0.05, 0) is 17.9 Å². The molecule has 0 aliphatic rings. The van der Waals surface area contributed by atoms with E-state index in [0.717, 1.165) is 12.0 Å². The van der Waals surface area contributed by atoms with E-state index in [4.69, 9.17) is 0 Å². The second kappa shape index (κ2) is 7.83. The molecule has 1 aromatic carbocycles. The van der Waals surface area contributed by atoms with E-state index >= 15 is 0 Å². The average Bonchev–Trinajstić information content (AvgIpc) is 2.98. The van der Waals surface area contributed by atoms with Crippen molar-refractivity contribution in [3.63, 3.8) is 0 Å². The number of nitrogens with one attached hydrogen (secondary N) is 2. The lowest BCUT2D eigenvalue weighted by molar-refractivity contribution is -0.119. The van der Waals surface area contributed by atoms with Crippen LogP contribution in [0.4, 0.5) is 0 Å². The van der Waals surface area contributed by atoms with Gasteiger partial charge >= 0.3 is 0 Å². The number of carbonyl (C=O) groups is 1. The first-order valence-corrected chi connectivity index (χ1v) is 7.96. The molecule has 2 N–H and O–H groups in total. The molecule has 0 spiro atoms. The van der Waals surface area contributed by atoms with Crippen LogP contribution in [0.3, 0.4) is 0 Å². The normalized spacial score (nSPS) is 12.3. The second-order valence-corrected chi connectivity index (χ2v) is 6.20. The Morgan fingerprint density at radius 2 is 2.10 bits per heavy atom. The van der Waals surface area contributed by atoms with Gasteiger partial charge in [0.05, 0.1) is 11.8 Å². The van der Waals surface area contributed by atoms with Gasteiger partial charge in [-0.2, -0.15) is 5.10 Å². The van der Waals surface area contributed by atoms with Crippen molar-refractivity contribution < 1.29 is 4.79 Å². The van der Waals surface area contributed by atoms with Gasteiger partial charge in [-0.25, -0.2) is 4.98 Å². The Labute approximate surface area is 128 Å². The third kappa shape index (κ3) is 5.23. The van der Waals surface area contributed by atoms with E-state index in [1.165, 1.54) is 18.1 Å². The zero-order chi connectivity index (χ0) is 15.1. The first-order chi connectivity index (χ1) is 10.1. The molecular weight excluding hydrogens is 284 g/mol. The molecule has 0 saturated carbocycles. The summed E-state index contributed by atoms with van der Waals surface area (Å²) in [6.07, 6.45) is 2.36. The molecule has 0 fully saturated rings. The highest BCUT2D eigenvalue weighted by atomic mass is 32.2. The average molecular weight is 304 g/mol. The van der Waals surface area contributed by atoms with Crippen LogP contribution in [0.5, 0.6) is 0 Å². The Balaban J connectivity index is 1.93. The van der Waals surface area contributed by atoms with Crippen LogP contribution in [0.15, 0.2) is 41.8 Å². The van der Waals surface area contributed by atoms with Crippen molar-refractivity contribution >= 4 is 17.7 Å². The Morgan fingerprint density at radius 3 is 2.71 bits per heavy atom. The van der Waals surface area contributed by atoms with Gasteiger partial charge < -0.3 is 5.32 Å². The van der Waals surface area contributed by atoms with Crippen molar-refractivity contribution in [2.24, 2.45) is 5.92 Å². The first kappa shape index (κ1) is 15.6. The zero-order valence-corrected chi connectivity index (χ0v) is 13.1. The van der Waals surface area contributed by atoms with Crippen LogP contribution in [0.2, 0.25) is 0 Å². The second-order valence-electron chi connectivity index (χ2n) is 5.24. The molecule has 0 unspecified atom stereocenters. The number of H-pyrrole nitrogens is 1. The summed E-state index contributed by atoms with van der Waals surface area (Å²) in [6, 6.07) is 10.1. The quantitative estimate of drug-likeness (QED) is 0.772. The highest BCUT2D eigenvalue weighted by Crippen LogP contribution is 2.21. The number of hydrogen-bond acceptors (Lipinski definition) is 4. The summed E-state index contributed by atoms with van der Waals surface area (Å²) in [4.78, 5) is 16.1. The van der Waals surface area contributed by atoms with Crippen molar-refractivity contribution in [2.75, 3.05) is 5.75 Å². The summed E-state index contributed by atoms with van der Waals surface area (Å²) >= 11 is 1.35. The van der Waals surface area contributed by atoms with E-state index in [0.29, 0.717) is 16.8 Å². The molecule has 1 heterocycles. The van der Waals surface area contributed by atoms with Crippen LogP contribution < -0.4 is 5.32 Å². The van der Waals surface area contributed by atoms with Gasteiger partial charge in [0.1, 0.15) is 6.33 Å². The minimum atomic E-state index is 0.00547. The van der Waals surface area contributed by atoms with E-state index in [2.05, 4.69) is 46.5 Å². The maximum atomic E-state index is 12.1. The van der Waals surface area contributed by atoms with Gasteiger partial charge in [0.2, 0.25) is 5.91 Å². The Bertz CT molecular complexity index is 542. The molecule has 2 rings (SSSR count). The molecule has 0 saturated heterocycles. The van der Waals surface area contributed by atoms with E-state index < -0.39 is 0 Å². The summed E-state index contributed by atoms with van der Waals surface area (Å²) < 4.78 is 0. The molecule has 1 aromatic heterocycles. The lowest BCUT2D eigenvalue weighted by atomic mass is 9.97. The fourth-order valence-electron chi connectivity index (χ4n) is 2.07. The standard InChI is InChI=1S/C15H20N4OS/c1-11(2)8-13(12-6-4-3-5-7-12)18-14(20)9-21-15-16-10-17-19-15/h3-7,10-11,13H,8-9H2,1-2H3,(H,18,20)(H,16,17,19)/t13-/m1/s1. The molecule has 112 valence electrons. The topological polar surface area (TPSA) is 70.7 Å². The molecule has 6 heteroatoms. The van der Waals surface area contributed by atoms with Crippen molar-refractivity contribution in [3.8, 4) is 0 Å². The van der Waals surface area contributed by atoms with E-state index in [1.807, 2.05) is 18.2 Å². The lowest BCUT2D eigenvalue weighted by Gasteiger charge is -2.21. The zero-order valence-electron chi connectivity index (χ0n) is 12.2. The van der Waals surface area contributed by atoms with Crippen molar-refractivity contribution in [1.29, 1.82) is 0 Å². The number of aromatic nitrogens is 3. The highest BCUT2D eigenvalue weighted by Gasteiger charge is 2.16. The first-order valence-electron chi connectivity index (χ1n) is 6.97. The Morgan fingerprint density at radius 1 is 1.33 bits per heavy atom. The van der Waals surface area contributed by atoms with E-state index in [9.17, 15) is 4.79 Å². The molecule has 5 nitrogen and oxygen atoms in total. The van der Waals surface area contributed by atoms with Crippen LogP contribution in [-0.4, -0.2) is 26.8 Å². The van der Waals surface area contributed by atoms with Gasteiger partial charge in [-0.15, -0.1) is 0 Å². The molecule has 0 aliphatic carbocycles. The molecule has 0 bridgehead atoms. The fraction of sp³-hybridized carbons (Fsp3) is 0.400. The molecule has 2 aromatic rings. The summed E-state index contributed by atoms with van der Waals surface area (Å²) in [5.74, 6) is 0.847. The van der Waals surface area contributed by atoms with Crippen LogP contribution in [0, 0.1) is 5.92 Å². The minimum Gasteiger partial charge on any atom is -0.349 e. The molecular formula is C15H20N4OS. The van der Waals surface area contributed by atoms with Gasteiger partial charge in [-0.1, -0.05) is 55.9 Å². The number of aromatic amines is 1. The van der Waals surface area contributed by atoms with E-state index in [1.54, 1.807) is 0 Å². The van der Waals surface area contributed by atoms with Crippen LogP contribution in [-0.2, 0) is 4.79 Å². The number of benzene rings is 1. The lowest BCUT2D eigenvalue weighted by Crippen LogP contribution is -2.30. The number of thioether (sulfide) groups is 1. The van der Waals surface area contributed by atoms with Crippen molar-refractivity contribution in [2.45, 2.75) is 31.5 Å². The van der Waals surface area contributed by atoms with Gasteiger partial charge in [0.15, 0.2) is 5.16 Å². The fourth-order valence-corrected chi connectivity index (χ4v) is 2.66. The maximum Gasteiger partial charge on any atom is 0.230 e. The summed E-state index contributed by atoms with van der Waals surface area (Å²) in [6.45, 7) is 4.32. The predicted octanol–water partition coefficient (Wildman–Crippen LogP) is 2.80. The minimum absolute atomic E-state index is 0.00547. The Hall–Kier alpha value is -1.82. The van der Waals surface area contributed by atoms with Gasteiger partial charge in [-0.3, -0.25) is 9.89 Å². The number of nitrogens with zero attached hydrogens (tertiary/aromatic N) is 2.